The minimum absolute atomic E-state index is 0.0927. The molecule has 0 fully saturated rings. The Labute approximate surface area is 139 Å². The first-order valence-electron chi connectivity index (χ1n) is 7.82. The Kier molecular flexibility index (Phi) is 3.75. The number of fused-ring (bicyclic) bond motifs is 2. The van der Waals surface area contributed by atoms with Crippen molar-refractivity contribution in [2.75, 3.05) is 18.5 Å². The molecule has 5 heteroatoms. The minimum atomic E-state index is -0.0927. The molecule has 2 heterocycles. The molecule has 5 nitrogen and oxygen atoms in total. The third kappa shape index (κ3) is 2.88. The second-order valence-corrected chi connectivity index (χ2v) is 5.58. The van der Waals surface area contributed by atoms with Crippen molar-refractivity contribution in [3.05, 3.63) is 60.3 Å². The maximum atomic E-state index is 12.4. The van der Waals surface area contributed by atoms with Crippen LogP contribution in [0.2, 0.25) is 0 Å². The van der Waals surface area contributed by atoms with Gasteiger partial charge in [0.15, 0.2) is 11.5 Å². The number of hydrogen-bond donors (Lipinski definition) is 1. The number of carbonyl (C=O) groups excluding carboxylic acids is 1. The zero-order chi connectivity index (χ0) is 16.4. The SMILES string of the molecule is O=C(Cc1cccc2cccnc12)Nc1ccc2c(c1)OCCO2. The number of nitrogens with one attached hydrogen (secondary N) is 1. The van der Waals surface area contributed by atoms with Crippen LogP contribution >= 0.6 is 0 Å². The lowest BCUT2D eigenvalue weighted by molar-refractivity contribution is -0.115. The molecule has 4 rings (SSSR count). The van der Waals surface area contributed by atoms with Gasteiger partial charge in [-0.25, -0.2) is 0 Å². The Bertz CT molecular complexity index is 903. The lowest BCUT2D eigenvalue weighted by Gasteiger charge is -2.19. The van der Waals surface area contributed by atoms with Crippen molar-refractivity contribution in [3.8, 4) is 11.5 Å². The smallest absolute Gasteiger partial charge is 0.228 e. The van der Waals surface area contributed by atoms with Crippen LogP contribution in [0, 0.1) is 0 Å². The molecule has 0 unspecified atom stereocenters. The third-order valence-electron chi connectivity index (χ3n) is 3.89. The van der Waals surface area contributed by atoms with Gasteiger partial charge in [-0.15, -0.1) is 0 Å². The van der Waals surface area contributed by atoms with Crippen LogP contribution in [0.3, 0.4) is 0 Å². The second-order valence-electron chi connectivity index (χ2n) is 5.58. The predicted octanol–water partition coefficient (Wildman–Crippen LogP) is 3.19. The quantitative estimate of drug-likeness (QED) is 0.805. The van der Waals surface area contributed by atoms with E-state index < -0.39 is 0 Å². The highest BCUT2D eigenvalue weighted by molar-refractivity contribution is 5.95. The maximum absolute atomic E-state index is 12.4. The van der Waals surface area contributed by atoms with Gasteiger partial charge in [-0.05, 0) is 23.8 Å². The van der Waals surface area contributed by atoms with Crippen LogP contribution in [0.4, 0.5) is 5.69 Å². The summed E-state index contributed by atoms with van der Waals surface area (Å²) in [6.07, 6.45) is 2.01. The van der Waals surface area contributed by atoms with Crippen LogP contribution in [-0.4, -0.2) is 24.1 Å². The van der Waals surface area contributed by atoms with Gasteiger partial charge in [0.25, 0.3) is 0 Å². The lowest BCUT2D eigenvalue weighted by atomic mass is 10.1. The van der Waals surface area contributed by atoms with E-state index in [1.807, 2.05) is 42.5 Å². The number of aromatic nitrogens is 1. The molecule has 0 aliphatic carbocycles. The van der Waals surface area contributed by atoms with E-state index in [1.165, 1.54) is 0 Å². The highest BCUT2D eigenvalue weighted by Gasteiger charge is 2.13. The fraction of sp³-hybridized carbons (Fsp3) is 0.158. The zero-order valence-corrected chi connectivity index (χ0v) is 13.0. The summed E-state index contributed by atoms with van der Waals surface area (Å²) in [5.41, 5.74) is 2.46. The van der Waals surface area contributed by atoms with Crippen molar-refractivity contribution in [3.63, 3.8) is 0 Å². The molecule has 0 saturated carbocycles. The van der Waals surface area contributed by atoms with E-state index in [2.05, 4.69) is 10.3 Å². The summed E-state index contributed by atoms with van der Waals surface area (Å²) in [4.78, 5) is 16.8. The first-order valence-corrected chi connectivity index (χ1v) is 7.82. The molecule has 0 spiro atoms. The van der Waals surface area contributed by atoms with Crippen LogP contribution in [0.25, 0.3) is 10.9 Å². The summed E-state index contributed by atoms with van der Waals surface area (Å²) in [5, 5.41) is 3.93. The molecule has 0 radical (unpaired) electrons. The van der Waals surface area contributed by atoms with E-state index in [-0.39, 0.29) is 12.3 Å². The van der Waals surface area contributed by atoms with Crippen molar-refractivity contribution >= 4 is 22.5 Å². The van der Waals surface area contributed by atoms with Gasteiger partial charge in [0, 0.05) is 23.3 Å². The molecule has 1 aromatic heterocycles. The summed E-state index contributed by atoms with van der Waals surface area (Å²) in [6, 6.07) is 15.1. The number of amides is 1. The summed E-state index contributed by atoms with van der Waals surface area (Å²) in [5.74, 6) is 1.27. The molecule has 120 valence electrons. The van der Waals surface area contributed by atoms with Gasteiger partial charge in [0.2, 0.25) is 5.91 Å². The highest BCUT2D eigenvalue weighted by Crippen LogP contribution is 2.32. The van der Waals surface area contributed by atoms with Crippen molar-refractivity contribution < 1.29 is 14.3 Å². The topological polar surface area (TPSA) is 60.5 Å². The van der Waals surface area contributed by atoms with Gasteiger partial charge in [0.1, 0.15) is 13.2 Å². The van der Waals surface area contributed by atoms with Gasteiger partial charge in [0.05, 0.1) is 11.9 Å². The van der Waals surface area contributed by atoms with Crippen molar-refractivity contribution in [2.45, 2.75) is 6.42 Å². The molecule has 24 heavy (non-hydrogen) atoms. The summed E-state index contributed by atoms with van der Waals surface area (Å²) in [7, 11) is 0. The van der Waals surface area contributed by atoms with Crippen molar-refractivity contribution in [1.82, 2.24) is 4.98 Å². The standard InChI is InChI=1S/C19H16N2O3/c22-18(11-14-4-1-3-13-5-2-8-20-19(13)14)21-15-6-7-16-17(12-15)24-10-9-23-16/h1-8,12H,9-11H2,(H,21,22). The molecular weight excluding hydrogens is 304 g/mol. The number of pyridine rings is 1. The average molecular weight is 320 g/mol. The molecule has 0 atom stereocenters. The fourth-order valence-corrected chi connectivity index (χ4v) is 2.81. The van der Waals surface area contributed by atoms with Crippen LogP contribution in [0.1, 0.15) is 5.56 Å². The van der Waals surface area contributed by atoms with E-state index in [4.69, 9.17) is 9.47 Å². The fourth-order valence-electron chi connectivity index (χ4n) is 2.81. The normalized spacial score (nSPS) is 12.8. The zero-order valence-electron chi connectivity index (χ0n) is 13.0. The molecule has 0 bridgehead atoms. The molecule has 1 aliphatic heterocycles. The number of hydrogen-bond acceptors (Lipinski definition) is 4. The lowest BCUT2D eigenvalue weighted by Crippen LogP contribution is -2.17. The van der Waals surface area contributed by atoms with Gasteiger partial charge in [-0.2, -0.15) is 0 Å². The molecule has 0 saturated heterocycles. The van der Waals surface area contributed by atoms with Crippen molar-refractivity contribution in [2.24, 2.45) is 0 Å². The van der Waals surface area contributed by atoms with Crippen molar-refractivity contribution in [1.29, 1.82) is 0 Å². The summed E-state index contributed by atoms with van der Waals surface area (Å²) < 4.78 is 11.0. The first-order chi connectivity index (χ1) is 11.8. The third-order valence-corrected chi connectivity index (χ3v) is 3.89. The summed E-state index contributed by atoms with van der Waals surface area (Å²) in [6.45, 7) is 1.07. The Morgan fingerprint density at radius 2 is 1.88 bits per heavy atom. The van der Waals surface area contributed by atoms with E-state index in [1.54, 1.807) is 12.3 Å². The molecular formula is C19H16N2O3. The molecule has 2 aromatic carbocycles. The van der Waals surface area contributed by atoms with E-state index in [0.29, 0.717) is 30.4 Å². The predicted molar refractivity (Wildman–Crippen MR) is 91.5 cm³/mol. The minimum Gasteiger partial charge on any atom is -0.486 e. The molecule has 3 aromatic rings. The number of nitrogens with zero attached hydrogens (tertiary/aromatic N) is 1. The number of rotatable bonds is 3. The number of ether oxygens (including phenoxy) is 2. The van der Waals surface area contributed by atoms with Crippen LogP contribution in [-0.2, 0) is 11.2 Å². The van der Waals surface area contributed by atoms with E-state index in [0.717, 1.165) is 16.5 Å². The Morgan fingerprint density at radius 3 is 2.79 bits per heavy atom. The Hall–Kier alpha value is -3.08. The molecule has 1 N–H and O–H groups in total. The Morgan fingerprint density at radius 1 is 1.04 bits per heavy atom. The summed E-state index contributed by atoms with van der Waals surface area (Å²) >= 11 is 0. The highest BCUT2D eigenvalue weighted by atomic mass is 16.6. The van der Waals surface area contributed by atoms with Crippen LogP contribution in [0.5, 0.6) is 11.5 Å². The number of benzene rings is 2. The monoisotopic (exact) mass is 320 g/mol. The molecule has 1 amide bonds. The number of para-hydroxylation sites is 1. The average Bonchev–Trinajstić information content (AvgIpc) is 2.62. The van der Waals surface area contributed by atoms with Gasteiger partial charge in [-0.3, -0.25) is 9.78 Å². The molecule has 1 aliphatic rings. The van der Waals surface area contributed by atoms with Gasteiger partial charge < -0.3 is 14.8 Å². The maximum Gasteiger partial charge on any atom is 0.228 e. The van der Waals surface area contributed by atoms with Crippen LogP contribution in [0.15, 0.2) is 54.7 Å². The number of carbonyl (C=O) groups is 1. The van der Waals surface area contributed by atoms with Gasteiger partial charge >= 0.3 is 0 Å². The van der Waals surface area contributed by atoms with Crippen LogP contribution < -0.4 is 14.8 Å². The largest absolute Gasteiger partial charge is 0.486 e. The Balaban J connectivity index is 1.52. The van der Waals surface area contributed by atoms with Gasteiger partial charge in [-0.1, -0.05) is 24.3 Å². The second kappa shape index (κ2) is 6.20. The van der Waals surface area contributed by atoms with E-state index in [9.17, 15) is 4.79 Å². The first kappa shape index (κ1) is 14.5. The number of anilines is 1. The van der Waals surface area contributed by atoms with E-state index >= 15 is 0 Å².